The van der Waals surface area contributed by atoms with Crippen LogP contribution >= 0.6 is 0 Å². The number of hydrogen-bond acceptors (Lipinski definition) is 3. The summed E-state index contributed by atoms with van der Waals surface area (Å²) < 4.78 is 14.6. The molecule has 2 N–H and O–H groups in total. The Morgan fingerprint density at radius 1 is 1.35 bits per heavy atom. The summed E-state index contributed by atoms with van der Waals surface area (Å²) in [6.45, 7) is 2.35. The summed E-state index contributed by atoms with van der Waals surface area (Å²) in [5.41, 5.74) is 1.71. The van der Waals surface area contributed by atoms with Crippen LogP contribution < -0.4 is 10.6 Å². The number of piperidine rings is 1. The van der Waals surface area contributed by atoms with Gasteiger partial charge in [0.15, 0.2) is 0 Å². The van der Waals surface area contributed by atoms with Gasteiger partial charge >= 0.3 is 0 Å². The largest absolute Gasteiger partial charge is 0.355 e. The average Bonchev–Trinajstić information content (AvgIpc) is 3.05. The minimum atomic E-state index is -0.263. The average molecular weight is 316 g/mol. The molecule has 0 bridgehead atoms. The summed E-state index contributed by atoms with van der Waals surface area (Å²) in [6.07, 6.45) is 4.54. The summed E-state index contributed by atoms with van der Waals surface area (Å²) in [5.74, 6) is -0.0586. The van der Waals surface area contributed by atoms with Crippen LogP contribution in [0.2, 0.25) is 0 Å². The molecule has 23 heavy (non-hydrogen) atoms. The van der Waals surface area contributed by atoms with Gasteiger partial charge < -0.3 is 10.6 Å². The van der Waals surface area contributed by atoms with Gasteiger partial charge in [-0.3, -0.25) is 4.79 Å². The van der Waals surface area contributed by atoms with E-state index in [-0.39, 0.29) is 17.6 Å². The second kappa shape index (κ2) is 7.37. The van der Waals surface area contributed by atoms with Crippen LogP contribution in [0.3, 0.4) is 0 Å². The molecule has 1 aromatic carbocycles. The molecule has 2 heterocycles. The first-order chi connectivity index (χ1) is 11.2. The number of halogens is 1. The number of benzene rings is 1. The van der Waals surface area contributed by atoms with Crippen molar-refractivity contribution < 1.29 is 9.18 Å². The van der Waals surface area contributed by atoms with E-state index < -0.39 is 0 Å². The Labute approximate surface area is 134 Å². The second-order valence-electron chi connectivity index (χ2n) is 5.81. The Bertz CT molecular complexity index is 647. The first-order valence-corrected chi connectivity index (χ1v) is 8.01. The number of aromatic nitrogens is 2. The third kappa shape index (κ3) is 4.16. The zero-order valence-electron chi connectivity index (χ0n) is 13.0. The molecule has 0 spiro atoms. The first kappa shape index (κ1) is 15.7. The molecule has 0 aliphatic carbocycles. The van der Waals surface area contributed by atoms with Gasteiger partial charge in [-0.25, -0.2) is 9.07 Å². The highest BCUT2D eigenvalue weighted by atomic mass is 19.1. The molecule has 1 amide bonds. The number of carbonyl (C=O) groups excluding carboxylic acids is 1. The van der Waals surface area contributed by atoms with E-state index >= 15 is 0 Å². The molecule has 2 aromatic rings. The Kier molecular flexibility index (Phi) is 5.02. The molecular formula is C17H21FN4O. The number of hydrogen-bond donors (Lipinski definition) is 2. The van der Waals surface area contributed by atoms with Gasteiger partial charge in [0.05, 0.1) is 17.3 Å². The Morgan fingerprint density at radius 3 is 2.91 bits per heavy atom. The summed E-state index contributed by atoms with van der Waals surface area (Å²) in [4.78, 5) is 12.0. The predicted octanol–water partition coefficient (Wildman–Crippen LogP) is 1.67. The lowest BCUT2D eigenvalue weighted by Gasteiger charge is -2.21. The van der Waals surface area contributed by atoms with Crippen molar-refractivity contribution in [3.05, 3.63) is 48.0 Å². The van der Waals surface area contributed by atoms with Crippen LogP contribution in [0.1, 0.15) is 18.5 Å². The number of nitrogens with zero attached hydrogens (tertiary/aromatic N) is 2. The van der Waals surface area contributed by atoms with E-state index in [9.17, 15) is 9.18 Å². The second-order valence-corrected chi connectivity index (χ2v) is 5.81. The molecule has 1 unspecified atom stereocenters. The van der Waals surface area contributed by atoms with Gasteiger partial charge in [-0.15, -0.1) is 0 Å². The molecule has 1 aliphatic rings. The maximum atomic E-state index is 12.9. The first-order valence-electron chi connectivity index (χ1n) is 8.01. The van der Waals surface area contributed by atoms with Crippen molar-refractivity contribution in [3.63, 3.8) is 0 Å². The van der Waals surface area contributed by atoms with E-state index in [0.29, 0.717) is 13.0 Å². The maximum Gasteiger partial charge on any atom is 0.224 e. The number of rotatable bonds is 5. The van der Waals surface area contributed by atoms with Crippen LogP contribution in [-0.4, -0.2) is 35.3 Å². The molecule has 0 radical (unpaired) electrons. The minimum absolute atomic E-state index is 0.0838. The monoisotopic (exact) mass is 316 g/mol. The Morgan fingerprint density at radius 2 is 2.17 bits per heavy atom. The Hall–Kier alpha value is -2.21. The number of carbonyl (C=O) groups is 1. The van der Waals surface area contributed by atoms with E-state index in [1.807, 2.05) is 12.3 Å². The lowest BCUT2D eigenvalue weighted by atomic mass is 9.99. The fraction of sp³-hybridized carbons (Fsp3) is 0.412. The normalized spacial score (nSPS) is 17.9. The minimum Gasteiger partial charge on any atom is -0.355 e. The molecule has 122 valence electrons. The van der Waals surface area contributed by atoms with Crippen molar-refractivity contribution in [2.45, 2.75) is 19.3 Å². The van der Waals surface area contributed by atoms with Crippen LogP contribution in [0, 0.1) is 11.7 Å². The van der Waals surface area contributed by atoms with Gasteiger partial charge in [-0.1, -0.05) is 0 Å². The summed E-state index contributed by atoms with van der Waals surface area (Å²) in [5, 5.41) is 10.7. The molecular weight excluding hydrogens is 295 g/mol. The lowest BCUT2D eigenvalue weighted by Crippen LogP contribution is -2.41. The quantitative estimate of drug-likeness (QED) is 0.882. The van der Waals surface area contributed by atoms with Gasteiger partial charge in [0.2, 0.25) is 5.91 Å². The molecule has 1 saturated heterocycles. The lowest BCUT2D eigenvalue weighted by molar-refractivity contribution is -0.125. The summed E-state index contributed by atoms with van der Waals surface area (Å²) in [6, 6.07) is 8.11. The smallest absolute Gasteiger partial charge is 0.224 e. The predicted molar refractivity (Wildman–Crippen MR) is 85.8 cm³/mol. The van der Waals surface area contributed by atoms with E-state index in [0.717, 1.165) is 37.3 Å². The third-order valence-corrected chi connectivity index (χ3v) is 4.08. The van der Waals surface area contributed by atoms with Crippen LogP contribution in [0.5, 0.6) is 0 Å². The highest BCUT2D eigenvalue weighted by molar-refractivity contribution is 5.78. The Balaban J connectivity index is 1.49. The fourth-order valence-corrected chi connectivity index (χ4v) is 2.77. The van der Waals surface area contributed by atoms with Gasteiger partial charge in [0.1, 0.15) is 5.82 Å². The standard InChI is InChI=1S/C17H21FN4O/c18-14-3-5-16(6-4-14)22-11-8-15(21-22)7-10-20-17(23)13-2-1-9-19-12-13/h3-6,8,11,13,19H,1-2,7,9-10,12H2,(H,20,23). The van der Waals surface area contributed by atoms with E-state index in [1.54, 1.807) is 16.8 Å². The molecule has 5 nitrogen and oxygen atoms in total. The highest BCUT2D eigenvalue weighted by Crippen LogP contribution is 2.10. The van der Waals surface area contributed by atoms with Crippen molar-refractivity contribution in [1.82, 2.24) is 20.4 Å². The van der Waals surface area contributed by atoms with Crippen molar-refractivity contribution >= 4 is 5.91 Å². The number of amides is 1. The molecule has 0 saturated carbocycles. The van der Waals surface area contributed by atoms with Gasteiger partial charge in [0.25, 0.3) is 0 Å². The maximum absolute atomic E-state index is 12.9. The van der Waals surface area contributed by atoms with Crippen molar-refractivity contribution in [3.8, 4) is 5.69 Å². The van der Waals surface area contributed by atoms with Gasteiger partial charge in [0, 0.05) is 25.7 Å². The summed E-state index contributed by atoms with van der Waals surface area (Å²) in [7, 11) is 0. The van der Waals surface area contributed by atoms with Crippen molar-refractivity contribution in [1.29, 1.82) is 0 Å². The molecule has 3 rings (SSSR count). The van der Waals surface area contributed by atoms with Crippen LogP contribution in [0.4, 0.5) is 4.39 Å². The molecule has 1 atom stereocenters. The molecule has 1 fully saturated rings. The van der Waals surface area contributed by atoms with Gasteiger partial charge in [-0.2, -0.15) is 5.10 Å². The third-order valence-electron chi connectivity index (χ3n) is 4.08. The van der Waals surface area contributed by atoms with Crippen LogP contribution in [0.15, 0.2) is 36.5 Å². The van der Waals surface area contributed by atoms with Gasteiger partial charge in [-0.05, 0) is 49.7 Å². The van der Waals surface area contributed by atoms with Crippen LogP contribution in [-0.2, 0) is 11.2 Å². The molecule has 1 aliphatic heterocycles. The van der Waals surface area contributed by atoms with E-state index in [4.69, 9.17) is 0 Å². The molecule has 1 aromatic heterocycles. The zero-order chi connectivity index (χ0) is 16.1. The van der Waals surface area contributed by atoms with Crippen molar-refractivity contribution in [2.75, 3.05) is 19.6 Å². The van der Waals surface area contributed by atoms with Crippen molar-refractivity contribution in [2.24, 2.45) is 5.92 Å². The zero-order valence-corrected chi connectivity index (χ0v) is 13.0. The van der Waals surface area contributed by atoms with E-state index in [2.05, 4.69) is 15.7 Å². The van der Waals surface area contributed by atoms with Crippen LogP contribution in [0.25, 0.3) is 5.69 Å². The number of nitrogens with one attached hydrogen (secondary N) is 2. The topological polar surface area (TPSA) is 59.0 Å². The highest BCUT2D eigenvalue weighted by Gasteiger charge is 2.20. The summed E-state index contributed by atoms with van der Waals surface area (Å²) >= 11 is 0. The fourth-order valence-electron chi connectivity index (χ4n) is 2.77. The SMILES string of the molecule is O=C(NCCc1ccn(-c2ccc(F)cc2)n1)C1CCCNC1. The molecule has 6 heteroatoms. The van der Waals surface area contributed by atoms with E-state index in [1.165, 1.54) is 12.1 Å².